The van der Waals surface area contributed by atoms with Gasteiger partial charge in [-0.3, -0.25) is 4.72 Å². The number of rotatable bonds is 4. The molecule has 0 bridgehead atoms. The Bertz CT molecular complexity index is 784. The van der Waals surface area contributed by atoms with Gasteiger partial charge in [-0.15, -0.1) is 0 Å². The monoisotopic (exact) mass is 392 g/mol. The van der Waals surface area contributed by atoms with Crippen molar-refractivity contribution in [2.24, 2.45) is 5.73 Å². The predicted octanol–water partition coefficient (Wildman–Crippen LogP) is 3.50. The highest BCUT2D eigenvalue weighted by Gasteiger charge is 2.16. The molecule has 3 N–H and O–H groups in total. The Balaban J connectivity index is 2.35. The number of hydrogen-bond donors (Lipinski definition) is 2. The fourth-order valence-corrected chi connectivity index (χ4v) is 3.32. The highest BCUT2D eigenvalue weighted by atomic mass is 79.9. The first-order chi connectivity index (χ1) is 9.83. The van der Waals surface area contributed by atoms with Gasteiger partial charge in [-0.25, -0.2) is 12.8 Å². The number of hydrogen-bond acceptors (Lipinski definition) is 3. The van der Waals surface area contributed by atoms with E-state index >= 15 is 0 Å². The third kappa shape index (κ3) is 3.74. The molecule has 8 heteroatoms. The number of benzene rings is 2. The molecule has 2 rings (SSSR count). The minimum Gasteiger partial charge on any atom is -0.326 e. The van der Waals surface area contributed by atoms with Crippen LogP contribution in [0.25, 0.3) is 0 Å². The first-order valence-corrected chi connectivity index (χ1v) is 8.45. The van der Waals surface area contributed by atoms with E-state index in [-0.39, 0.29) is 21.6 Å². The van der Waals surface area contributed by atoms with Gasteiger partial charge in [0.15, 0.2) is 0 Å². The van der Waals surface area contributed by atoms with E-state index < -0.39 is 15.8 Å². The molecule has 0 amide bonds. The van der Waals surface area contributed by atoms with Gasteiger partial charge in [-0.2, -0.15) is 0 Å². The molecule has 21 heavy (non-hydrogen) atoms. The maximum Gasteiger partial charge on any atom is 0.261 e. The predicted molar refractivity (Wildman–Crippen MR) is 84.3 cm³/mol. The van der Waals surface area contributed by atoms with Gasteiger partial charge >= 0.3 is 0 Å². The van der Waals surface area contributed by atoms with Crippen molar-refractivity contribution in [3.8, 4) is 0 Å². The lowest BCUT2D eigenvalue weighted by Crippen LogP contribution is -2.13. The number of nitrogens with two attached hydrogens (primary N) is 1. The van der Waals surface area contributed by atoms with E-state index in [0.717, 1.165) is 6.07 Å². The minimum absolute atomic E-state index is 0.0350. The van der Waals surface area contributed by atoms with E-state index in [1.165, 1.54) is 30.3 Å². The van der Waals surface area contributed by atoms with Crippen LogP contribution in [0.1, 0.15) is 5.56 Å². The lowest BCUT2D eigenvalue weighted by Gasteiger charge is -2.10. The minimum atomic E-state index is -3.80. The van der Waals surface area contributed by atoms with Crippen molar-refractivity contribution in [1.29, 1.82) is 0 Å². The van der Waals surface area contributed by atoms with Gasteiger partial charge in [0.25, 0.3) is 10.0 Å². The standard InChI is InChI=1S/C13H11BrClFN2O2S/c14-11-6-9(1-4-13(11)16)18-21(19,20)10-2-3-12(15)8(5-10)7-17/h1-6,18H,7,17H2. The van der Waals surface area contributed by atoms with Crippen LogP contribution in [0.5, 0.6) is 0 Å². The summed E-state index contributed by atoms with van der Waals surface area (Å²) in [6, 6.07) is 8.09. The van der Waals surface area contributed by atoms with Crippen molar-refractivity contribution in [3.05, 3.63) is 57.3 Å². The van der Waals surface area contributed by atoms with E-state index in [0.29, 0.717) is 10.6 Å². The molecule has 0 saturated carbocycles. The Morgan fingerprint density at radius 1 is 1.24 bits per heavy atom. The summed E-state index contributed by atoms with van der Waals surface area (Å²) in [6.45, 7) is 0.129. The second-order valence-corrected chi connectivity index (χ2v) is 7.14. The summed E-state index contributed by atoms with van der Waals surface area (Å²) in [5.41, 5.74) is 6.28. The van der Waals surface area contributed by atoms with Crippen molar-refractivity contribution in [3.63, 3.8) is 0 Å². The smallest absolute Gasteiger partial charge is 0.261 e. The van der Waals surface area contributed by atoms with Crippen LogP contribution in [0.15, 0.2) is 45.8 Å². The molecule has 2 aromatic carbocycles. The van der Waals surface area contributed by atoms with Gasteiger partial charge in [0.05, 0.1) is 15.1 Å². The summed E-state index contributed by atoms with van der Waals surface area (Å²) in [4.78, 5) is 0.0350. The fraction of sp³-hybridized carbons (Fsp3) is 0.0769. The molecule has 0 spiro atoms. The molecule has 0 heterocycles. The molecule has 0 fully saturated rings. The van der Waals surface area contributed by atoms with Crippen LogP contribution >= 0.6 is 27.5 Å². The maximum absolute atomic E-state index is 13.1. The molecule has 0 aromatic heterocycles. The summed E-state index contributed by atoms with van der Waals surface area (Å²) in [6.07, 6.45) is 0. The summed E-state index contributed by atoms with van der Waals surface area (Å²) in [5, 5.41) is 0.404. The second kappa shape index (κ2) is 6.31. The highest BCUT2D eigenvalue weighted by molar-refractivity contribution is 9.10. The van der Waals surface area contributed by atoms with Crippen LogP contribution in [0, 0.1) is 5.82 Å². The summed E-state index contributed by atoms with van der Waals surface area (Å²) >= 11 is 8.90. The molecule has 0 aliphatic carbocycles. The van der Waals surface area contributed by atoms with Crippen LogP contribution < -0.4 is 10.5 Å². The Kier molecular flexibility index (Phi) is 4.88. The van der Waals surface area contributed by atoms with Crippen LogP contribution in [-0.4, -0.2) is 8.42 Å². The van der Waals surface area contributed by atoms with Crippen LogP contribution in [0.3, 0.4) is 0 Å². The van der Waals surface area contributed by atoms with Gasteiger partial charge in [0.1, 0.15) is 5.82 Å². The summed E-state index contributed by atoms with van der Waals surface area (Å²) < 4.78 is 40.2. The molecule has 0 atom stereocenters. The average Bonchev–Trinajstić information content (AvgIpc) is 2.43. The normalized spacial score (nSPS) is 11.4. The van der Waals surface area contributed by atoms with Crippen LogP contribution in [-0.2, 0) is 16.6 Å². The first-order valence-electron chi connectivity index (χ1n) is 5.80. The average molecular weight is 394 g/mol. The van der Waals surface area contributed by atoms with Crippen molar-refractivity contribution < 1.29 is 12.8 Å². The number of anilines is 1. The van der Waals surface area contributed by atoms with Crippen LogP contribution in [0.4, 0.5) is 10.1 Å². The Hall–Kier alpha value is -1.15. The molecular weight excluding hydrogens is 383 g/mol. The summed E-state index contributed by atoms with van der Waals surface area (Å²) in [7, 11) is -3.80. The largest absolute Gasteiger partial charge is 0.326 e. The SMILES string of the molecule is NCc1cc(S(=O)(=O)Nc2ccc(F)c(Br)c2)ccc1Cl. The van der Waals surface area contributed by atoms with Crippen molar-refractivity contribution in [1.82, 2.24) is 0 Å². The zero-order valence-electron chi connectivity index (χ0n) is 10.6. The zero-order chi connectivity index (χ0) is 15.6. The first kappa shape index (κ1) is 16.2. The molecule has 0 radical (unpaired) electrons. The molecular formula is C13H11BrClFN2O2S. The van der Waals surface area contributed by atoms with E-state index in [2.05, 4.69) is 20.7 Å². The van der Waals surface area contributed by atoms with Gasteiger partial charge in [0, 0.05) is 11.6 Å². The molecule has 0 saturated heterocycles. The molecule has 112 valence electrons. The maximum atomic E-state index is 13.1. The topological polar surface area (TPSA) is 72.2 Å². The molecule has 0 unspecified atom stereocenters. The van der Waals surface area contributed by atoms with Gasteiger partial charge in [0.2, 0.25) is 0 Å². The van der Waals surface area contributed by atoms with Crippen molar-refractivity contribution >= 4 is 43.2 Å². The molecule has 2 aromatic rings. The fourth-order valence-electron chi connectivity index (χ4n) is 1.65. The Morgan fingerprint density at radius 2 is 1.95 bits per heavy atom. The van der Waals surface area contributed by atoms with Crippen LogP contribution in [0.2, 0.25) is 5.02 Å². The number of halogens is 3. The van der Waals surface area contributed by atoms with Gasteiger partial charge in [-0.05, 0) is 57.9 Å². The third-order valence-corrected chi connectivity index (χ3v) is 5.07. The molecule has 0 aliphatic heterocycles. The third-order valence-electron chi connectivity index (χ3n) is 2.72. The lowest BCUT2D eigenvalue weighted by molar-refractivity contribution is 0.600. The number of sulfonamides is 1. The molecule has 0 aliphatic rings. The number of nitrogens with one attached hydrogen (secondary N) is 1. The van der Waals surface area contributed by atoms with Gasteiger partial charge in [-0.1, -0.05) is 11.6 Å². The Labute approximate surface area is 135 Å². The van der Waals surface area contributed by atoms with E-state index in [1.807, 2.05) is 0 Å². The lowest BCUT2D eigenvalue weighted by atomic mass is 10.2. The van der Waals surface area contributed by atoms with E-state index in [4.69, 9.17) is 17.3 Å². The van der Waals surface area contributed by atoms with Gasteiger partial charge < -0.3 is 5.73 Å². The van der Waals surface area contributed by atoms with E-state index in [1.54, 1.807) is 0 Å². The second-order valence-electron chi connectivity index (χ2n) is 4.19. The summed E-state index contributed by atoms with van der Waals surface area (Å²) in [5.74, 6) is -0.477. The molecule has 4 nitrogen and oxygen atoms in total. The van der Waals surface area contributed by atoms with Crippen molar-refractivity contribution in [2.75, 3.05) is 4.72 Å². The Morgan fingerprint density at radius 3 is 2.57 bits per heavy atom. The van der Waals surface area contributed by atoms with E-state index in [9.17, 15) is 12.8 Å². The quantitative estimate of drug-likeness (QED) is 0.835. The highest BCUT2D eigenvalue weighted by Crippen LogP contribution is 2.24. The van der Waals surface area contributed by atoms with Crippen molar-refractivity contribution in [2.45, 2.75) is 11.4 Å². The zero-order valence-corrected chi connectivity index (χ0v) is 13.8.